The van der Waals surface area contributed by atoms with Crippen LogP contribution in [0.2, 0.25) is 0 Å². The summed E-state index contributed by atoms with van der Waals surface area (Å²) in [6, 6.07) is 0. The number of rotatable bonds is 0. The molecule has 2 nitrogen and oxygen atoms in total. The quantitative estimate of drug-likeness (QED) is 0.466. The van der Waals surface area contributed by atoms with Crippen LogP contribution in [0.25, 0.3) is 12.3 Å². The van der Waals surface area contributed by atoms with E-state index in [1.54, 1.807) is 0 Å². The third-order valence-electron chi connectivity index (χ3n) is 0. The van der Waals surface area contributed by atoms with Crippen LogP contribution in [0.15, 0.2) is 0 Å². The molecular formula is C6H28N2Si2Y2-8. The van der Waals surface area contributed by atoms with Gasteiger partial charge in [-0.05, 0) is 21.9 Å². The second-order valence-electron chi connectivity index (χ2n) is 0. The van der Waals surface area contributed by atoms with E-state index in [9.17, 15) is 0 Å². The molecule has 4 radical (unpaired) electrons. The fraction of sp³-hybridized carbons (Fsp3) is 0. The van der Waals surface area contributed by atoms with Gasteiger partial charge in [0.1, 0.15) is 0 Å². The van der Waals surface area contributed by atoms with Gasteiger partial charge in [-0.25, -0.2) is 0 Å². The Hall–Kier alpha value is 2.56. The molecule has 4 N–H and O–H groups in total. The maximum atomic E-state index is 0. The molecule has 0 bridgehead atoms. The van der Waals surface area contributed by atoms with Gasteiger partial charge in [0.05, 0.1) is 0 Å². The summed E-state index contributed by atoms with van der Waals surface area (Å²) in [5.41, 5.74) is 0. The van der Waals surface area contributed by atoms with Gasteiger partial charge in [-0.1, -0.05) is 0 Å². The molecule has 0 fully saturated rings. The van der Waals surface area contributed by atoms with Gasteiger partial charge in [-0.3, -0.25) is 0 Å². The Morgan fingerprint density at radius 3 is 0.333 bits per heavy atom. The molecule has 0 aromatic heterocycles. The third kappa shape index (κ3) is 256. The SMILES string of the molecule is [CH3-].[CH3-].[CH3-].[CH3-].[CH3-].[CH3-].[NH2-].[NH2-].[SiH3].[SiH3].[Y].[Y]. The first-order valence-corrected chi connectivity index (χ1v) is 0. The molecule has 0 heterocycles. The van der Waals surface area contributed by atoms with Crippen LogP contribution in [0.1, 0.15) is 0 Å². The van der Waals surface area contributed by atoms with E-state index < -0.39 is 0 Å². The Bertz CT molecular complexity index is 21.5. The summed E-state index contributed by atoms with van der Waals surface area (Å²) in [7, 11) is 0. The molecule has 12 heavy (non-hydrogen) atoms. The van der Waals surface area contributed by atoms with Crippen LogP contribution in [0, 0.1) is 44.6 Å². The summed E-state index contributed by atoms with van der Waals surface area (Å²) in [5, 5.41) is 0. The average Bonchev–Trinajstić information content (AvgIpc) is 0. The first-order chi connectivity index (χ1) is 0. The Morgan fingerprint density at radius 1 is 0.333 bits per heavy atom. The molecule has 0 atom stereocenters. The van der Waals surface area contributed by atoms with Gasteiger partial charge in [-0.15, -0.1) is 0 Å². The van der Waals surface area contributed by atoms with Crippen LogP contribution in [-0.4, -0.2) is 21.9 Å². The van der Waals surface area contributed by atoms with Crippen molar-refractivity contribution in [3.05, 3.63) is 56.9 Å². The average molecular weight is 362 g/mol. The maximum Gasteiger partial charge on any atom is 0 e. The number of hydrogen-bond acceptors (Lipinski definition) is 0. The Kier molecular flexibility index (Phi) is 11100. The topological polar surface area (TPSA) is 67.0 Å². The molecule has 0 spiro atoms. The molecular weight excluding hydrogens is 334 g/mol. The molecule has 0 rings (SSSR count). The molecule has 0 saturated carbocycles. The van der Waals surface area contributed by atoms with E-state index in [-0.39, 0.29) is 144 Å². The standard InChI is InChI=1S/6CH3.2H2N.2H3Si.2Y/h6*1H3;2*1H2;2*1H3;;/q8*-1;;;;. The van der Waals surface area contributed by atoms with Crippen molar-refractivity contribution in [3.63, 3.8) is 0 Å². The van der Waals surface area contributed by atoms with Crippen molar-refractivity contribution in [2.75, 3.05) is 0 Å². The van der Waals surface area contributed by atoms with Gasteiger partial charge in [0.15, 0.2) is 0 Å². The zero-order chi connectivity index (χ0) is 0. The van der Waals surface area contributed by atoms with Gasteiger partial charge in [0.2, 0.25) is 0 Å². The van der Waals surface area contributed by atoms with E-state index in [0.29, 0.717) is 0 Å². The summed E-state index contributed by atoms with van der Waals surface area (Å²) >= 11 is 0. The Morgan fingerprint density at radius 2 is 0.333 bits per heavy atom. The van der Waals surface area contributed by atoms with E-state index in [1.807, 2.05) is 0 Å². The van der Waals surface area contributed by atoms with Crippen molar-refractivity contribution >= 4 is 21.9 Å². The van der Waals surface area contributed by atoms with Gasteiger partial charge >= 0.3 is 0 Å². The van der Waals surface area contributed by atoms with Crippen molar-refractivity contribution in [2.45, 2.75) is 0 Å². The van der Waals surface area contributed by atoms with Crippen molar-refractivity contribution in [3.8, 4) is 0 Å². The second kappa shape index (κ2) is 326. The first kappa shape index (κ1) is 408. The molecule has 0 unspecified atom stereocenters. The zero-order valence-electron chi connectivity index (χ0n) is 10.3. The van der Waals surface area contributed by atoms with Crippen LogP contribution >= 0.6 is 0 Å². The maximum absolute atomic E-state index is 0. The van der Waals surface area contributed by atoms with E-state index in [4.69, 9.17) is 0 Å². The molecule has 0 aliphatic carbocycles. The fourth-order valence-corrected chi connectivity index (χ4v) is 0. The normalized spacial score (nSPS) is 0. The minimum atomic E-state index is 0. The van der Waals surface area contributed by atoms with Crippen LogP contribution in [0.5, 0.6) is 0 Å². The Labute approximate surface area is 142 Å². The van der Waals surface area contributed by atoms with E-state index in [1.165, 1.54) is 0 Å². The summed E-state index contributed by atoms with van der Waals surface area (Å²) in [4.78, 5) is 0. The summed E-state index contributed by atoms with van der Waals surface area (Å²) < 4.78 is 0. The van der Waals surface area contributed by atoms with Crippen LogP contribution in [0.3, 0.4) is 0 Å². The van der Waals surface area contributed by atoms with Crippen LogP contribution < -0.4 is 0 Å². The third-order valence-corrected chi connectivity index (χ3v) is 0. The monoisotopic (exact) mass is 362 g/mol. The van der Waals surface area contributed by atoms with Gasteiger partial charge < -0.3 is 56.9 Å². The van der Waals surface area contributed by atoms with Crippen molar-refractivity contribution in [1.29, 1.82) is 0 Å². The van der Waals surface area contributed by atoms with Crippen LogP contribution in [0.4, 0.5) is 0 Å². The first-order valence-electron chi connectivity index (χ1n) is 0. The van der Waals surface area contributed by atoms with Gasteiger partial charge in [0, 0.05) is 65.4 Å². The summed E-state index contributed by atoms with van der Waals surface area (Å²) in [5.74, 6) is 0. The van der Waals surface area contributed by atoms with Gasteiger partial charge in [-0.2, -0.15) is 0 Å². The van der Waals surface area contributed by atoms with Gasteiger partial charge in [0.25, 0.3) is 0 Å². The smallest absolute Gasteiger partial charge is 0 e. The molecule has 6 heteroatoms. The van der Waals surface area contributed by atoms with Crippen molar-refractivity contribution in [1.82, 2.24) is 0 Å². The zero-order valence-corrected chi connectivity index (χ0v) is 20.0. The predicted octanol–water partition coefficient (Wildman–Crippen LogP) is 1.76. The molecule has 0 aliphatic heterocycles. The minimum Gasteiger partial charge on any atom is -0.693 e. The molecule has 0 amide bonds. The van der Waals surface area contributed by atoms with Crippen molar-refractivity contribution in [2.24, 2.45) is 0 Å². The fourth-order valence-electron chi connectivity index (χ4n) is 0. The van der Waals surface area contributed by atoms with Crippen LogP contribution in [-0.2, 0) is 65.4 Å². The van der Waals surface area contributed by atoms with E-state index in [0.717, 1.165) is 0 Å². The predicted molar refractivity (Wildman–Crippen MR) is 68.9 cm³/mol. The largest absolute Gasteiger partial charge is 0.693 e. The molecule has 0 aromatic carbocycles. The Balaban J connectivity index is 0. The van der Waals surface area contributed by atoms with E-state index >= 15 is 0 Å². The molecule has 0 aliphatic rings. The number of hydrogen-bond donors (Lipinski definition) is 0. The summed E-state index contributed by atoms with van der Waals surface area (Å²) in [6.45, 7) is 0. The molecule has 84 valence electrons. The molecule has 0 aromatic rings. The molecule has 0 saturated heterocycles. The summed E-state index contributed by atoms with van der Waals surface area (Å²) in [6.07, 6.45) is 0. The number of nitrogens with two attached hydrogens (primary N) is 2. The van der Waals surface area contributed by atoms with E-state index in [2.05, 4.69) is 0 Å². The minimum absolute atomic E-state index is 0. The van der Waals surface area contributed by atoms with Crippen molar-refractivity contribution < 1.29 is 65.4 Å². The second-order valence-corrected chi connectivity index (χ2v) is 0.